The molecule has 0 spiro atoms. The van der Waals surface area contributed by atoms with Gasteiger partial charge in [0.05, 0.1) is 18.0 Å². The van der Waals surface area contributed by atoms with E-state index in [1.807, 2.05) is 50.2 Å². The van der Waals surface area contributed by atoms with Gasteiger partial charge in [-0.2, -0.15) is 5.10 Å². The molecule has 0 aliphatic carbocycles. The molecule has 0 bridgehead atoms. The lowest BCUT2D eigenvalue weighted by Gasteiger charge is -2.13. The molecule has 6 nitrogen and oxygen atoms in total. The number of nitrogens with one attached hydrogen (secondary N) is 1. The largest absolute Gasteiger partial charge is 0.461 e. The highest BCUT2D eigenvalue weighted by Crippen LogP contribution is 2.27. The maximum absolute atomic E-state index is 12.5. The SMILES string of the molecule is CCC[C@@H](C)NC(=O)c1ccc(-n2nc(C(=O)OCC)cc2-c2ccccc2C)cc1. The fourth-order valence-electron chi connectivity index (χ4n) is 3.50. The Balaban J connectivity index is 1.96. The van der Waals surface area contributed by atoms with Gasteiger partial charge in [0.1, 0.15) is 0 Å². The van der Waals surface area contributed by atoms with Crippen molar-refractivity contribution >= 4 is 11.9 Å². The smallest absolute Gasteiger partial charge is 0.358 e. The summed E-state index contributed by atoms with van der Waals surface area (Å²) < 4.78 is 6.86. The second kappa shape index (κ2) is 10.1. The Morgan fingerprint density at radius 2 is 1.81 bits per heavy atom. The first kappa shape index (κ1) is 22.3. The number of hydrogen-bond donors (Lipinski definition) is 1. The zero-order chi connectivity index (χ0) is 22.4. The first-order valence-corrected chi connectivity index (χ1v) is 10.7. The third-order valence-electron chi connectivity index (χ3n) is 5.09. The van der Waals surface area contributed by atoms with Gasteiger partial charge in [0.25, 0.3) is 5.91 Å². The summed E-state index contributed by atoms with van der Waals surface area (Å²) in [6, 6.07) is 17.0. The van der Waals surface area contributed by atoms with Gasteiger partial charge in [0, 0.05) is 17.2 Å². The number of hydrogen-bond acceptors (Lipinski definition) is 4. The molecule has 1 aromatic heterocycles. The van der Waals surface area contributed by atoms with Crippen molar-refractivity contribution in [3.63, 3.8) is 0 Å². The summed E-state index contributed by atoms with van der Waals surface area (Å²) in [4.78, 5) is 24.8. The number of carbonyl (C=O) groups is 2. The number of rotatable bonds is 8. The van der Waals surface area contributed by atoms with Gasteiger partial charge < -0.3 is 10.1 Å². The van der Waals surface area contributed by atoms with Crippen LogP contribution in [0.15, 0.2) is 54.6 Å². The molecule has 0 saturated carbocycles. The number of ether oxygens (including phenoxy) is 1. The number of amides is 1. The first-order valence-electron chi connectivity index (χ1n) is 10.7. The predicted octanol–water partition coefficient (Wildman–Crippen LogP) is 4.94. The van der Waals surface area contributed by atoms with Crippen LogP contribution in [-0.4, -0.2) is 34.3 Å². The quantitative estimate of drug-likeness (QED) is 0.525. The molecule has 0 saturated heterocycles. The summed E-state index contributed by atoms with van der Waals surface area (Å²) in [6.45, 7) is 8.17. The van der Waals surface area contributed by atoms with Gasteiger partial charge in [-0.05, 0) is 63.1 Å². The number of benzene rings is 2. The Bertz CT molecular complexity index is 1050. The third-order valence-corrected chi connectivity index (χ3v) is 5.09. The van der Waals surface area contributed by atoms with Crippen molar-refractivity contribution in [1.29, 1.82) is 0 Å². The van der Waals surface area contributed by atoms with Crippen molar-refractivity contribution in [3.8, 4) is 16.9 Å². The molecule has 0 aliphatic rings. The summed E-state index contributed by atoms with van der Waals surface area (Å²) in [5, 5.41) is 7.52. The number of aryl methyl sites for hydroxylation is 1. The number of carbonyl (C=O) groups excluding carboxylic acids is 2. The maximum atomic E-state index is 12.5. The van der Waals surface area contributed by atoms with Crippen molar-refractivity contribution in [2.45, 2.75) is 46.6 Å². The summed E-state index contributed by atoms with van der Waals surface area (Å²) in [5.41, 5.74) is 4.42. The van der Waals surface area contributed by atoms with Crippen LogP contribution in [0.5, 0.6) is 0 Å². The normalized spacial score (nSPS) is 11.7. The molecule has 31 heavy (non-hydrogen) atoms. The molecule has 162 valence electrons. The molecule has 2 aromatic carbocycles. The molecule has 6 heteroatoms. The van der Waals surface area contributed by atoms with E-state index in [0.717, 1.165) is 35.3 Å². The van der Waals surface area contributed by atoms with E-state index >= 15 is 0 Å². The minimum absolute atomic E-state index is 0.0979. The van der Waals surface area contributed by atoms with Gasteiger partial charge in [-0.25, -0.2) is 9.48 Å². The number of esters is 1. The number of nitrogens with zero attached hydrogens (tertiary/aromatic N) is 2. The lowest BCUT2D eigenvalue weighted by molar-refractivity contribution is 0.0518. The van der Waals surface area contributed by atoms with Gasteiger partial charge in [0.15, 0.2) is 5.69 Å². The van der Waals surface area contributed by atoms with Crippen molar-refractivity contribution < 1.29 is 14.3 Å². The average Bonchev–Trinajstić information content (AvgIpc) is 3.20. The van der Waals surface area contributed by atoms with Crippen molar-refractivity contribution in [1.82, 2.24) is 15.1 Å². The van der Waals surface area contributed by atoms with Crippen LogP contribution in [0.3, 0.4) is 0 Å². The van der Waals surface area contributed by atoms with Crippen LogP contribution >= 0.6 is 0 Å². The van der Waals surface area contributed by atoms with E-state index in [-0.39, 0.29) is 24.2 Å². The zero-order valence-corrected chi connectivity index (χ0v) is 18.5. The highest BCUT2D eigenvalue weighted by Gasteiger charge is 2.19. The molecule has 0 unspecified atom stereocenters. The fourth-order valence-corrected chi connectivity index (χ4v) is 3.50. The Morgan fingerprint density at radius 1 is 1.10 bits per heavy atom. The fraction of sp³-hybridized carbons (Fsp3) is 0.320. The summed E-state index contributed by atoms with van der Waals surface area (Å²) in [7, 11) is 0. The van der Waals surface area contributed by atoms with Crippen LogP contribution in [0.1, 0.15) is 60.0 Å². The minimum atomic E-state index is -0.461. The van der Waals surface area contributed by atoms with E-state index in [4.69, 9.17) is 4.74 Å². The second-order valence-electron chi connectivity index (χ2n) is 7.57. The van der Waals surface area contributed by atoms with Crippen LogP contribution in [0.2, 0.25) is 0 Å². The minimum Gasteiger partial charge on any atom is -0.461 e. The van der Waals surface area contributed by atoms with Crippen molar-refractivity contribution in [2.75, 3.05) is 6.61 Å². The van der Waals surface area contributed by atoms with E-state index in [9.17, 15) is 9.59 Å². The molecule has 1 N–H and O–H groups in total. The first-order chi connectivity index (χ1) is 14.9. The van der Waals surface area contributed by atoms with E-state index in [0.29, 0.717) is 5.56 Å². The standard InChI is InChI=1S/C25H29N3O3/c1-5-9-18(4)26-24(29)19-12-14-20(15-13-19)28-23(21-11-8-7-10-17(21)3)16-22(27-28)25(30)31-6-2/h7-8,10-16,18H,5-6,9H2,1-4H3,(H,26,29)/t18-/m1/s1. The Labute approximate surface area is 183 Å². The Morgan fingerprint density at radius 3 is 2.45 bits per heavy atom. The second-order valence-corrected chi connectivity index (χ2v) is 7.57. The topological polar surface area (TPSA) is 73.2 Å². The summed E-state index contributed by atoms with van der Waals surface area (Å²) in [5.74, 6) is -0.559. The molecule has 1 atom stereocenters. The number of aromatic nitrogens is 2. The van der Waals surface area contributed by atoms with Crippen LogP contribution in [0, 0.1) is 6.92 Å². The van der Waals surface area contributed by atoms with Gasteiger partial charge in [0.2, 0.25) is 0 Å². The molecule has 0 aliphatic heterocycles. The van der Waals surface area contributed by atoms with Crippen LogP contribution in [-0.2, 0) is 4.74 Å². The van der Waals surface area contributed by atoms with Crippen LogP contribution in [0.25, 0.3) is 16.9 Å². The average molecular weight is 420 g/mol. The lowest BCUT2D eigenvalue weighted by Crippen LogP contribution is -2.32. The van der Waals surface area contributed by atoms with Crippen LogP contribution in [0.4, 0.5) is 0 Å². The Kier molecular flexibility index (Phi) is 7.23. The van der Waals surface area contributed by atoms with E-state index in [2.05, 4.69) is 17.3 Å². The van der Waals surface area contributed by atoms with Gasteiger partial charge in [-0.15, -0.1) is 0 Å². The zero-order valence-electron chi connectivity index (χ0n) is 18.5. The molecule has 1 heterocycles. The van der Waals surface area contributed by atoms with Gasteiger partial charge >= 0.3 is 5.97 Å². The predicted molar refractivity (Wildman–Crippen MR) is 122 cm³/mol. The molecular weight excluding hydrogens is 390 g/mol. The Hall–Kier alpha value is -3.41. The summed E-state index contributed by atoms with van der Waals surface area (Å²) in [6.07, 6.45) is 1.96. The van der Waals surface area contributed by atoms with Gasteiger partial charge in [-0.3, -0.25) is 4.79 Å². The van der Waals surface area contributed by atoms with Crippen molar-refractivity contribution in [2.24, 2.45) is 0 Å². The monoisotopic (exact) mass is 419 g/mol. The van der Waals surface area contributed by atoms with E-state index in [1.54, 1.807) is 29.8 Å². The molecular formula is C25H29N3O3. The third kappa shape index (κ3) is 5.20. The van der Waals surface area contributed by atoms with Crippen molar-refractivity contribution in [3.05, 3.63) is 71.4 Å². The molecule has 3 rings (SSSR count). The maximum Gasteiger partial charge on any atom is 0.358 e. The molecule has 0 fully saturated rings. The van der Waals surface area contributed by atoms with Crippen LogP contribution < -0.4 is 5.32 Å². The summed E-state index contributed by atoms with van der Waals surface area (Å²) >= 11 is 0. The molecule has 3 aromatic rings. The van der Waals surface area contributed by atoms with E-state index in [1.165, 1.54) is 0 Å². The van der Waals surface area contributed by atoms with Gasteiger partial charge in [-0.1, -0.05) is 37.6 Å². The highest BCUT2D eigenvalue weighted by molar-refractivity contribution is 5.94. The molecule has 0 radical (unpaired) electrons. The highest BCUT2D eigenvalue weighted by atomic mass is 16.5. The van der Waals surface area contributed by atoms with E-state index < -0.39 is 5.97 Å². The lowest BCUT2D eigenvalue weighted by atomic mass is 10.1. The molecule has 1 amide bonds.